The fourth-order valence-corrected chi connectivity index (χ4v) is 2.96. The number of aliphatic carboxylic acids is 1. The van der Waals surface area contributed by atoms with E-state index in [9.17, 15) is 18.0 Å². The van der Waals surface area contributed by atoms with Gasteiger partial charge in [-0.25, -0.2) is 17.9 Å². The number of carbonyl (C=O) groups excluding carboxylic acids is 1. The lowest BCUT2D eigenvalue weighted by molar-refractivity contribution is -0.141. The molecule has 0 radical (unpaired) electrons. The molecular formula is C15H23N3O5S. The van der Waals surface area contributed by atoms with Crippen molar-refractivity contribution in [3.05, 3.63) is 24.3 Å². The maximum Gasteiger partial charge on any atom is 0.321 e. The van der Waals surface area contributed by atoms with Gasteiger partial charge < -0.3 is 15.3 Å². The highest BCUT2D eigenvalue weighted by atomic mass is 32.2. The summed E-state index contributed by atoms with van der Waals surface area (Å²) in [5.74, 6) is -1.67. The summed E-state index contributed by atoms with van der Waals surface area (Å²) in [6, 6.07) is 5.28. The molecule has 24 heavy (non-hydrogen) atoms. The Morgan fingerprint density at radius 1 is 1.25 bits per heavy atom. The van der Waals surface area contributed by atoms with Gasteiger partial charge in [0.2, 0.25) is 10.0 Å². The molecule has 0 bridgehead atoms. The Morgan fingerprint density at radius 3 is 2.33 bits per heavy atom. The average molecular weight is 357 g/mol. The zero-order valence-corrected chi connectivity index (χ0v) is 14.8. The summed E-state index contributed by atoms with van der Waals surface area (Å²) >= 11 is 0. The molecule has 0 saturated heterocycles. The van der Waals surface area contributed by atoms with Crippen molar-refractivity contribution in [2.75, 3.05) is 25.5 Å². The number of nitrogens with one attached hydrogen (secondary N) is 2. The smallest absolute Gasteiger partial charge is 0.321 e. The number of carbonyl (C=O) groups is 2. The molecule has 1 unspecified atom stereocenters. The van der Waals surface area contributed by atoms with Gasteiger partial charge in [0, 0.05) is 25.8 Å². The van der Waals surface area contributed by atoms with E-state index in [2.05, 4.69) is 10.0 Å². The average Bonchev–Trinajstić information content (AvgIpc) is 2.53. The van der Waals surface area contributed by atoms with Gasteiger partial charge in [0.15, 0.2) is 0 Å². The highest BCUT2D eigenvalue weighted by Crippen LogP contribution is 2.14. The molecule has 0 fully saturated rings. The maximum absolute atomic E-state index is 12.0. The van der Waals surface area contributed by atoms with E-state index >= 15 is 0 Å². The molecule has 0 aliphatic carbocycles. The molecule has 0 spiro atoms. The first-order chi connectivity index (χ1) is 11.2. The number of amides is 2. The minimum absolute atomic E-state index is 0.0641. The molecule has 1 aromatic rings. The Morgan fingerprint density at radius 2 is 1.83 bits per heavy atom. The van der Waals surface area contributed by atoms with E-state index in [1.165, 1.54) is 43.1 Å². The van der Waals surface area contributed by atoms with Crippen molar-refractivity contribution in [3.63, 3.8) is 0 Å². The lowest BCUT2D eigenvalue weighted by Crippen LogP contribution is -2.36. The zero-order valence-electron chi connectivity index (χ0n) is 13.9. The van der Waals surface area contributed by atoms with Crippen LogP contribution in [0, 0.1) is 5.92 Å². The van der Waals surface area contributed by atoms with Gasteiger partial charge in [-0.05, 0) is 30.7 Å². The van der Waals surface area contributed by atoms with Crippen LogP contribution in [-0.2, 0) is 14.8 Å². The molecule has 0 aromatic heterocycles. The predicted molar refractivity (Wildman–Crippen MR) is 90.4 cm³/mol. The van der Waals surface area contributed by atoms with Crippen LogP contribution in [0.2, 0.25) is 0 Å². The van der Waals surface area contributed by atoms with Crippen LogP contribution in [0.3, 0.4) is 0 Å². The summed E-state index contributed by atoms with van der Waals surface area (Å²) in [4.78, 5) is 24.2. The van der Waals surface area contributed by atoms with Crippen molar-refractivity contribution in [3.8, 4) is 0 Å². The lowest BCUT2D eigenvalue weighted by Gasteiger charge is -2.20. The van der Waals surface area contributed by atoms with Crippen molar-refractivity contribution < 1.29 is 23.1 Å². The second-order valence-corrected chi connectivity index (χ2v) is 7.24. The molecule has 2 amide bonds. The number of urea groups is 1. The van der Waals surface area contributed by atoms with E-state index < -0.39 is 27.9 Å². The SMILES string of the molecule is CCCNS(=O)(=O)c1ccc(NC(=O)N(C)CC(C)C(=O)O)cc1. The van der Waals surface area contributed by atoms with Gasteiger partial charge in [0.25, 0.3) is 0 Å². The standard InChI is InChI=1S/C15H23N3O5S/c1-4-9-16-24(22,23)13-7-5-12(6-8-13)17-15(21)18(3)10-11(2)14(19)20/h5-8,11,16H,4,9-10H2,1-3H3,(H,17,21)(H,19,20). The fraction of sp³-hybridized carbons (Fsp3) is 0.467. The van der Waals surface area contributed by atoms with E-state index in [0.29, 0.717) is 18.7 Å². The molecule has 1 atom stereocenters. The number of rotatable bonds is 8. The number of sulfonamides is 1. The first-order valence-electron chi connectivity index (χ1n) is 7.52. The molecule has 3 N–H and O–H groups in total. The van der Waals surface area contributed by atoms with Crippen molar-refractivity contribution in [2.24, 2.45) is 5.92 Å². The monoisotopic (exact) mass is 357 g/mol. The van der Waals surface area contributed by atoms with Gasteiger partial charge in [-0.1, -0.05) is 13.8 Å². The molecular weight excluding hydrogens is 334 g/mol. The normalized spacial score (nSPS) is 12.5. The first-order valence-corrected chi connectivity index (χ1v) is 9.00. The molecule has 8 nitrogen and oxygen atoms in total. The van der Waals surface area contributed by atoms with Crippen LogP contribution in [0.15, 0.2) is 29.2 Å². The third-order valence-corrected chi connectivity index (χ3v) is 4.75. The molecule has 9 heteroatoms. The Kier molecular flexibility index (Phi) is 7.18. The summed E-state index contributed by atoms with van der Waals surface area (Å²) in [5.41, 5.74) is 0.421. The lowest BCUT2D eigenvalue weighted by atomic mass is 10.2. The van der Waals surface area contributed by atoms with E-state index in [4.69, 9.17) is 5.11 Å². The predicted octanol–water partition coefficient (Wildman–Crippen LogP) is 1.56. The summed E-state index contributed by atoms with van der Waals surface area (Å²) in [7, 11) is -2.06. The van der Waals surface area contributed by atoms with Gasteiger partial charge in [0.1, 0.15) is 0 Å². The Balaban J connectivity index is 2.70. The maximum atomic E-state index is 12.0. The second kappa shape index (κ2) is 8.65. The zero-order chi connectivity index (χ0) is 18.3. The Bertz CT molecular complexity index is 673. The van der Waals surface area contributed by atoms with Gasteiger partial charge in [-0.2, -0.15) is 0 Å². The van der Waals surface area contributed by atoms with Crippen molar-refractivity contribution in [1.82, 2.24) is 9.62 Å². The van der Waals surface area contributed by atoms with E-state index in [0.717, 1.165) is 0 Å². The minimum atomic E-state index is -3.55. The van der Waals surface area contributed by atoms with Crippen LogP contribution in [0.1, 0.15) is 20.3 Å². The van der Waals surface area contributed by atoms with Gasteiger partial charge >= 0.3 is 12.0 Å². The number of benzene rings is 1. The summed E-state index contributed by atoms with van der Waals surface area (Å²) < 4.78 is 26.4. The number of carboxylic acids is 1. The highest BCUT2D eigenvalue weighted by Gasteiger charge is 2.18. The van der Waals surface area contributed by atoms with Crippen LogP contribution in [0.5, 0.6) is 0 Å². The molecule has 0 aliphatic rings. The Labute approximate surface area is 141 Å². The number of carboxylic acid groups (broad SMARTS) is 1. The van der Waals surface area contributed by atoms with Crippen LogP contribution < -0.4 is 10.0 Å². The Hall–Kier alpha value is -2.13. The fourth-order valence-electron chi connectivity index (χ4n) is 1.83. The molecule has 0 aliphatic heterocycles. The molecule has 1 rings (SSSR count). The summed E-state index contributed by atoms with van der Waals surface area (Å²) in [6.45, 7) is 3.79. The topological polar surface area (TPSA) is 116 Å². The van der Waals surface area contributed by atoms with Crippen LogP contribution in [0.4, 0.5) is 10.5 Å². The van der Waals surface area contributed by atoms with E-state index in [-0.39, 0.29) is 11.4 Å². The summed E-state index contributed by atoms with van der Waals surface area (Å²) in [6.07, 6.45) is 0.689. The van der Waals surface area contributed by atoms with Crippen molar-refractivity contribution in [2.45, 2.75) is 25.2 Å². The molecule has 134 valence electrons. The first kappa shape index (κ1) is 19.9. The number of anilines is 1. The molecule has 1 aromatic carbocycles. The van der Waals surface area contributed by atoms with Gasteiger partial charge in [-0.3, -0.25) is 4.79 Å². The number of nitrogens with zero attached hydrogens (tertiary/aromatic N) is 1. The van der Waals surface area contributed by atoms with E-state index in [1.807, 2.05) is 6.92 Å². The van der Waals surface area contributed by atoms with Crippen molar-refractivity contribution >= 4 is 27.7 Å². The van der Waals surface area contributed by atoms with Crippen LogP contribution >= 0.6 is 0 Å². The number of hydrogen-bond acceptors (Lipinski definition) is 4. The summed E-state index contributed by atoms with van der Waals surface area (Å²) in [5, 5.41) is 11.4. The highest BCUT2D eigenvalue weighted by molar-refractivity contribution is 7.89. The van der Waals surface area contributed by atoms with Gasteiger partial charge in [-0.15, -0.1) is 0 Å². The van der Waals surface area contributed by atoms with Crippen LogP contribution in [-0.4, -0.2) is 50.6 Å². The largest absolute Gasteiger partial charge is 0.481 e. The third kappa shape index (κ3) is 5.82. The van der Waals surface area contributed by atoms with Gasteiger partial charge in [0.05, 0.1) is 10.8 Å². The minimum Gasteiger partial charge on any atom is -0.481 e. The second-order valence-electron chi connectivity index (χ2n) is 5.47. The number of hydrogen-bond donors (Lipinski definition) is 3. The van der Waals surface area contributed by atoms with Crippen LogP contribution in [0.25, 0.3) is 0 Å². The third-order valence-electron chi connectivity index (χ3n) is 3.27. The van der Waals surface area contributed by atoms with Crippen molar-refractivity contribution in [1.29, 1.82) is 0 Å². The molecule has 0 heterocycles. The van der Waals surface area contributed by atoms with E-state index in [1.54, 1.807) is 0 Å². The quantitative estimate of drug-likeness (QED) is 0.653. The molecule has 0 saturated carbocycles.